The van der Waals surface area contributed by atoms with Gasteiger partial charge in [0.1, 0.15) is 0 Å². The van der Waals surface area contributed by atoms with Gasteiger partial charge >= 0.3 is 8.56 Å². The number of hydrogen-bond donors (Lipinski definition) is 0. The normalized spacial score (nSPS) is 12.7. The highest BCUT2D eigenvalue weighted by atomic mass is 28.4. The summed E-state index contributed by atoms with van der Waals surface area (Å²) in [5.74, 6) is 0. The van der Waals surface area contributed by atoms with Crippen molar-refractivity contribution in [3.05, 3.63) is 0 Å². The molecule has 0 aliphatic rings. The Morgan fingerprint density at radius 1 is 1.33 bits per heavy atom. The van der Waals surface area contributed by atoms with Crippen LogP contribution in [-0.2, 0) is 8.23 Å². The van der Waals surface area contributed by atoms with Crippen LogP contribution in [0.1, 0.15) is 0 Å². The molecule has 9 heavy (non-hydrogen) atoms. The van der Waals surface area contributed by atoms with Gasteiger partial charge in [-0.2, -0.15) is 0 Å². The molecule has 0 unspecified atom stereocenters. The van der Waals surface area contributed by atoms with E-state index in [4.69, 9.17) is 8.23 Å². The standard InChI is InChI=1S/C4H12O2Si3/c1-8(2)6-9(3,4)5-7/h1-4H3. The molecule has 0 aromatic rings. The van der Waals surface area contributed by atoms with Crippen molar-refractivity contribution in [2.75, 3.05) is 0 Å². The van der Waals surface area contributed by atoms with Gasteiger partial charge in [0.05, 0.1) is 0 Å². The molecule has 0 saturated carbocycles. The van der Waals surface area contributed by atoms with Gasteiger partial charge in [-0.15, -0.1) is 0 Å². The zero-order valence-corrected chi connectivity index (χ0v) is 9.32. The highest BCUT2D eigenvalue weighted by Gasteiger charge is 2.23. The van der Waals surface area contributed by atoms with E-state index in [-0.39, 0.29) is 0 Å². The SMILES string of the molecule is C[Si](C)O[Si](C)(C)O[Si]. The van der Waals surface area contributed by atoms with Crippen molar-refractivity contribution < 1.29 is 8.23 Å². The lowest BCUT2D eigenvalue weighted by Crippen LogP contribution is -2.38. The van der Waals surface area contributed by atoms with E-state index in [9.17, 15) is 0 Å². The second-order valence-corrected chi connectivity index (χ2v) is 8.76. The van der Waals surface area contributed by atoms with E-state index in [0.29, 0.717) is 0 Å². The summed E-state index contributed by atoms with van der Waals surface area (Å²) >= 11 is 0. The highest BCUT2D eigenvalue weighted by molar-refractivity contribution is 6.74. The molecule has 0 N–H and O–H groups in total. The van der Waals surface area contributed by atoms with E-state index in [1.54, 1.807) is 0 Å². The van der Waals surface area contributed by atoms with Crippen LogP contribution in [0.25, 0.3) is 0 Å². The molecular weight excluding hydrogens is 164 g/mol. The molecule has 0 amide bonds. The minimum atomic E-state index is -1.78. The Morgan fingerprint density at radius 3 is 1.89 bits per heavy atom. The maximum Gasteiger partial charge on any atom is 0.310 e. The first kappa shape index (κ1) is 9.57. The van der Waals surface area contributed by atoms with Crippen molar-refractivity contribution in [2.24, 2.45) is 0 Å². The fraction of sp³-hybridized carbons (Fsp3) is 1.00. The molecule has 0 bridgehead atoms. The molecule has 4 radical (unpaired) electrons. The van der Waals surface area contributed by atoms with E-state index >= 15 is 0 Å². The van der Waals surface area contributed by atoms with E-state index < -0.39 is 17.6 Å². The molecular formula is C4H12O2Si3. The fourth-order valence-corrected chi connectivity index (χ4v) is 4.99. The molecule has 0 aliphatic heterocycles. The van der Waals surface area contributed by atoms with Crippen LogP contribution in [0.2, 0.25) is 26.2 Å². The third kappa shape index (κ3) is 5.04. The monoisotopic (exact) mass is 176 g/mol. The number of rotatable bonds is 3. The Labute approximate surface area is 63.1 Å². The van der Waals surface area contributed by atoms with Gasteiger partial charge in [-0.1, -0.05) is 0 Å². The van der Waals surface area contributed by atoms with Gasteiger partial charge in [0.15, 0.2) is 9.04 Å². The Morgan fingerprint density at radius 2 is 1.78 bits per heavy atom. The molecule has 52 valence electrons. The molecule has 2 nitrogen and oxygen atoms in total. The minimum Gasteiger partial charge on any atom is -0.437 e. The summed E-state index contributed by atoms with van der Waals surface area (Å²) in [5.41, 5.74) is 0. The molecule has 0 saturated heterocycles. The van der Waals surface area contributed by atoms with Gasteiger partial charge < -0.3 is 8.23 Å². The van der Waals surface area contributed by atoms with Gasteiger partial charge in [0.25, 0.3) is 0 Å². The lowest BCUT2D eigenvalue weighted by Gasteiger charge is -2.22. The zero-order valence-electron chi connectivity index (χ0n) is 6.32. The van der Waals surface area contributed by atoms with Crippen molar-refractivity contribution in [1.29, 1.82) is 0 Å². The Kier molecular flexibility index (Phi) is 3.90. The van der Waals surface area contributed by atoms with Gasteiger partial charge in [0, 0.05) is 0 Å². The van der Waals surface area contributed by atoms with Crippen molar-refractivity contribution >= 4 is 28.1 Å². The summed E-state index contributed by atoms with van der Waals surface area (Å²) in [7, 11) is 0.618. The van der Waals surface area contributed by atoms with Gasteiger partial charge in [-0.05, 0) is 26.2 Å². The molecule has 0 heterocycles. The van der Waals surface area contributed by atoms with E-state index in [0.717, 1.165) is 0 Å². The summed E-state index contributed by atoms with van der Waals surface area (Å²) < 4.78 is 10.6. The molecule has 0 fully saturated rings. The molecule has 0 atom stereocenters. The van der Waals surface area contributed by atoms with E-state index in [2.05, 4.69) is 23.6 Å². The smallest absolute Gasteiger partial charge is 0.310 e. The summed E-state index contributed by atoms with van der Waals surface area (Å²) in [4.78, 5) is 0. The molecule has 0 aliphatic carbocycles. The predicted molar refractivity (Wildman–Crippen MR) is 42.9 cm³/mol. The summed E-state index contributed by atoms with van der Waals surface area (Å²) in [6.07, 6.45) is 0. The van der Waals surface area contributed by atoms with Crippen molar-refractivity contribution in [3.8, 4) is 0 Å². The first-order chi connectivity index (χ1) is 3.98. The van der Waals surface area contributed by atoms with Crippen molar-refractivity contribution in [1.82, 2.24) is 0 Å². The fourth-order valence-electron chi connectivity index (χ4n) is 0.512. The summed E-state index contributed by atoms with van der Waals surface area (Å²) in [5, 5.41) is 0. The first-order valence-electron chi connectivity index (χ1n) is 2.82. The predicted octanol–water partition coefficient (Wildman–Crippen LogP) is 1.06. The van der Waals surface area contributed by atoms with Crippen LogP contribution in [0.15, 0.2) is 0 Å². The van der Waals surface area contributed by atoms with Crippen LogP contribution in [0.5, 0.6) is 0 Å². The molecule has 0 rings (SSSR count). The van der Waals surface area contributed by atoms with Crippen LogP contribution in [0.3, 0.4) is 0 Å². The van der Waals surface area contributed by atoms with Crippen LogP contribution in [0.4, 0.5) is 0 Å². The molecule has 0 aromatic carbocycles. The van der Waals surface area contributed by atoms with E-state index in [1.807, 2.05) is 13.1 Å². The van der Waals surface area contributed by atoms with Crippen LogP contribution in [-0.4, -0.2) is 28.1 Å². The van der Waals surface area contributed by atoms with Crippen LogP contribution < -0.4 is 0 Å². The third-order valence-electron chi connectivity index (χ3n) is 0.696. The molecule has 5 heteroatoms. The van der Waals surface area contributed by atoms with E-state index in [1.165, 1.54) is 0 Å². The highest BCUT2D eigenvalue weighted by Crippen LogP contribution is 2.05. The maximum absolute atomic E-state index is 5.56. The van der Waals surface area contributed by atoms with Crippen molar-refractivity contribution in [2.45, 2.75) is 26.2 Å². The largest absolute Gasteiger partial charge is 0.437 e. The second kappa shape index (κ2) is 3.67. The van der Waals surface area contributed by atoms with Crippen LogP contribution >= 0.6 is 0 Å². The average molecular weight is 176 g/mol. The van der Waals surface area contributed by atoms with Gasteiger partial charge in [-0.25, -0.2) is 0 Å². The Hall–Kier alpha value is 0.571. The molecule has 0 spiro atoms. The third-order valence-corrected chi connectivity index (χ3v) is 6.26. The summed E-state index contributed by atoms with van der Waals surface area (Å²) in [6, 6.07) is 0. The average Bonchev–Trinajstić information content (AvgIpc) is 1.63. The summed E-state index contributed by atoms with van der Waals surface area (Å²) in [6.45, 7) is 8.23. The topological polar surface area (TPSA) is 18.5 Å². The Balaban J connectivity index is 3.58. The Bertz CT molecular complexity index is 83.9. The molecule has 0 aromatic heterocycles. The minimum absolute atomic E-state index is 0.598. The van der Waals surface area contributed by atoms with Gasteiger partial charge in [0.2, 0.25) is 10.5 Å². The van der Waals surface area contributed by atoms with Crippen LogP contribution in [0, 0.1) is 0 Å². The first-order valence-corrected chi connectivity index (χ1v) is 8.45. The lowest BCUT2D eigenvalue weighted by atomic mass is 11.9. The van der Waals surface area contributed by atoms with Crippen molar-refractivity contribution in [3.63, 3.8) is 0 Å². The van der Waals surface area contributed by atoms with Gasteiger partial charge in [-0.3, -0.25) is 0 Å². The zero-order chi connectivity index (χ0) is 7.49. The number of hydrogen-bond acceptors (Lipinski definition) is 2. The lowest BCUT2D eigenvalue weighted by molar-refractivity contribution is 0.429. The second-order valence-electron chi connectivity index (χ2n) is 2.51. The maximum atomic E-state index is 5.56. The quantitative estimate of drug-likeness (QED) is 0.599.